The molecule has 0 aliphatic rings. The molecule has 0 aromatic heterocycles. The lowest BCUT2D eigenvalue weighted by atomic mass is 10.0. The molecule has 0 radical (unpaired) electrons. The summed E-state index contributed by atoms with van der Waals surface area (Å²) < 4.78 is 6.73. The summed E-state index contributed by atoms with van der Waals surface area (Å²) in [5, 5.41) is 13.6. The van der Waals surface area contributed by atoms with Crippen molar-refractivity contribution in [1.29, 1.82) is 0 Å². The van der Waals surface area contributed by atoms with Crippen LogP contribution in [0, 0.1) is 6.92 Å². The van der Waals surface area contributed by atoms with Crippen molar-refractivity contribution in [2.45, 2.75) is 26.7 Å². The van der Waals surface area contributed by atoms with Gasteiger partial charge in [0.1, 0.15) is 11.5 Å². The molecule has 26 heavy (non-hydrogen) atoms. The van der Waals surface area contributed by atoms with Gasteiger partial charge in [0.05, 0.1) is 15.2 Å². The molecule has 0 saturated carbocycles. The number of amides is 1. The third-order valence-electron chi connectivity index (χ3n) is 3.59. The fraction of sp³-hybridized carbons (Fsp3) is 0.263. The average molecular weight is 484 g/mol. The van der Waals surface area contributed by atoms with Crippen LogP contribution in [0.3, 0.4) is 0 Å². The van der Waals surface area contributed by atoms with E-state index in [0.717, 1.165) is 11.1 Å². The number of benzene rings is 2. The first-order valence-electron chi connectivity index (χ1n) is 8.01. The summed E-state index contributed by atoms with van der Waals surface area (Å²) in [6, 6.07) is 9.35. The summed E-state index contributed by atoms with van der Waals surface area (Å²) in [5.41, 5.74) is 5.28. The third kappa shape index (κ3) is 5.57. The Kier molecular flexibility index (Phi) is 7.23. The Morgan fingerprint density at radius 1 is 1.27 bits per heavy atom. The molecule has 0 aliphatic carbocycles. The van der Waals surface area contributed by atoms with Gasteiger partial charge < -0.3 is 9.84 Å². The number of hydrogen-bond acceptors (Lipinski definition) is 4. The number of hydrazone groups is 1. The zero-order valence-electron chi connectivity index (χ0n) is 14.7. The molecule has 0 aliphatic heterocycles. The Bertz CT molecular complexity index is 813. The van der Waals surface area contributed by atoms with Gasteiger partial charge in [-0.15, -0.1) is 0 Å². The van der Waals surface area contributed by atoms with Crippen molar-refractivity contribution < 1.29 is 14.6 Å². The second-order valence-electron chi connectivity index (χ2n) is 6.11. The van der Waals surface area contributed by atoms with Crippen LogP contribution in [0.1, 0.15) is 36.5 Å². The van der Waals surface area contributed by atoms with Crippen LogP contribution in [0.25, 0.3) is 0 Å². The van der Waals surface area contributed by atoms with E-state index in [1.165, 1.54) is 6.21 Å². The van der Waals surface area contributed by atoms with Crippen molar-refractivity contribution in [2.24, 2.45) is 5.10 Å². The van der Waals surface area contributed by atoms with Gasteiger partial charge in [0.2, 0.25) is 0 Å². The number of hydrogen-bond donors (Lipinski definition) is 2. The maximum absolute atomic E-state index is 12.0. The highest BCUT2D eigenvalue weighted by Crippen LogP contribution is 2.32. The summed E-state index contributed by atoms with van der Waals surface area (Å²) in [7, 11) is 0. The summed E-state index contributed by atoms with van der Waals surface area (Å²) in [6.45, 7) is 6.02. The van der Waals surface area contributed by atoms with E-state index in [9.17, 15) is 9.90 Å². The quantitative estimate of drug-likeness (QED) is 0.454. The molecule has 0 bridgehead atoms. The summed E-state index contributed by atoms with van der Waals surface area (Å²) in [5.74, 6) is 0.775. The number of carbonyl (C=O) groups excluding carboxylic acids is 1. The first-order valence-corrected chi connectivity index (χ1v) is 9.59. The maximum atomic E-state index is 12.0. The van der Waals surface area contributed by atoms with Crippen molar-refractivity contribution in [2.75, 3.05) is 6.61 Å². The zero-order chi connectivity index (χ0) is 19.3. The number of phenols is 1. The number of aromatic hydroxyl groups is 1. The second-order valence-corrected chi connectivity index (χ2v) is 7.82. The van der Waals surface area contributed by atoms with E-state index >= 15 is 0 Å². The van der Waals surface area contributed by atoms with E-state index in [4.69, 9.17) is 4.74 Å². The molecule has 0 fully saturated rings. The largest absolute Gasteiger partial charge is 0.506 e. The topological polar surface area (TPSA) is 70.9 Å². The monoisotopic (exact) mass is 482 g/mol. The van der Waals surface area contributed by atoms with Gasteiger partial charge >= 0.3 is 0 Å². The molecular formula is C19H20Br2N2O3. The Balaban J connectivity index is 1.95. The predicted molar refractivity (Wildman–Crippen MR) is 110 cm³/mol. The number of halogens is 2. The Labute approximate surface area is 169 Å². The van der Waals surface area contributed by atoms with E-state index in [0.29, 0.717) is 26.2 Å². The Morgan fingerprint density at radius 3 is 2.54 bits per heavy atom. The molecule has 0 heterocycles. The summed E-state index contributed by atoms with van der Waals surface area (Å²) in [6.07, 6.45) is 1.49. The molecule has 0 saturated heterocycles. The van der Waals surface area contributed by atoms with Gasteiger partial charge in [-0.05, 0) is 79.6 Å². The highest BCUT2D eigenvalue weighted by Gasteiger charge is 2.10. The maximum Gasteiger partial charge on any atom is 0.277 e. The van der Waals surface area contributed by atoms with Crippen LogP contribution >= 0.6 is 31.9 Å². The number of nitrogens with one attached hydrogen (secondary N) is 1. The van der Waals surface area contributed by atoms with Crippen molar-refractivity contribution in [3.05, 3.63) is 56.0 Å². The van der Waals surface area contributed by atoms with Gasteiger partial charge in [0, 0.05) is 0 Å². The van der Waals surface area contributed by atoms with E-state index in [2.05, 4.69) is 56.2 Å². The molecule has 2 aromatic rings. The fourth-order valence-corrected chi connectivity index (χ4v) is 3.48. The molecule has 0 unspecified atom stereocenters. The van der Waals surface area contributed by atoms with Crippen molar-refractivity contribution >= 4 is 44.0 Å². The van der Waals surface area contributed by atoms with Crippen molar-refractivity contribution in [3.63, 3.8) is 0 Å². The lowest BCUT2D eigenvalue weighted by Crippen LogP contribution is -2.25. The predicted octanol–water partition coefficient (Wildman–Crippen LogP) is 4.88. The lowest BCUT2D eigenvalue weighted by Gasteiger charge is -2.14. The summed E-state index contributed by atoms with van der Waals surface area (Å²) in [4.78, 5) is 12.0. The highest BCUT2D eigenvalue weighted by atomic mass is 79.9. The molecular weight excluding hydrogens is 464 g/mol. The molecule has 2 N–H and O–H groups in total. The van der Waals surface area contributed by atoms with Gasteiger partial charge in [-0.25, -0.2) is 5.43 Å². The van der Waals surface area contributed by atoms with Crippen LogP contribution in [-0.2, 0) is 4.79 Å². The first-order chi connectivity index (χ1) is 12.3. The molecule has 2 rings (SSSR count). The minimum absolute atomic E-state index is 0.110. The number of rotatable bonds is 6. The van der Waals surface area contributed by atoms with Crippen LogP contribution in [0.2, 0.25) is 0 Å². The van der Waals surface area contributed by atoms with Gasteiger partial charge in [0.25, 0.3) is 5.91 Å². The van der Waals surface area contributed by atoms with E-state index in [1.54, 1.807) is 12.1 Å². The zero-order valence-corrected chi connectivity index (χ0v) is 17.9. The van der Waals surface area contributed by atoms with Gasteiger partial charge in [-0.2, -0.15) is 5.10 Å². The molecule has 0 atom stereocenters. The average Bonchev–Trinajstić information content (AvgIpc) is 2.57. The van der Waals surface area contributed by atoms with E-state index in [-0.39, 0.29) is 18.3 Å². The molecule has 0 spiro atoms. The summed E-state index contributed by atoms with van der Waals surface area (Å²) >= 11 is 6.49. The Morgan fingerprint density at radius 2 is 1.92 bits per heavy atom. The standard InChI is InChI=1S/C19H20Br2N2O3/c1-11(2)14-5-4-12(3)6-17(14)26-10-18(24)23-22-9-13-7-15(20)19(25)16(21)8-13/h4-9,11,25H,10H2,1-3H3,(H,23,24)/b22-9-. The number of ether oxygens (including phenoxy) is 1. The van der Waals surface area contributed by atoms with Gasteiger partial charge in [-0.3, -0.25) is 4.79 Å². The van der Waals surface area contributed by atoms with Crippen LogP contribution in [0.4, 0.5) is 0 Å². The minimum Gasteiger partial charge on any atom is -0.506 e. The van der Waals surface area contributed by atoms with Crippen molar-refractivity contribution in [1.82, 2.24) is 5.43 Å². The second kappa shape index (κ2) is 9.19. The van der Waals surface area contributed by atoms with E-state index < -0.39 is 0 Å². The first kappa shape index (κ1) is 20.5. The smallest absolute Gasteiger partial charge is 0.277 e. The fourth-order valence-electron chi connectivity index (χ4n) is 2.26. The normalized spacial score (nSPS) is 11.2. The number of phenolic OH excluding ortho intramolecular Hbond substituents is 1. The molecule has 1 amide bonds. The number of nitrogens with zero attached hydrogens (tertiary/aromatic N) is 1. The van der Waals surface area contributed by atoms with Crippen LogP contribution in [0.15, 0.2) is 44.4 Å². The van der Waals surface area contributed by atoms with Crippen LogP contribution in [0.5, 0.6) is 11.5 Å². The number of carbonyl (C=O) groups is 1. The lowest BCUT2D eigenvalue weighted by molar-refractivity contribution is -0.123. The van der Waals surface area contributed by atoms with Gasteiger partial charge in [-0.1, -0.05) is 26.0 Å². The molecule has 138 valence electrons. The molecule has 5 nitrogen and oxygen atoms in total. The number of aryl methyl sites for hydroxylation is 1. The van der Waals surface area contributed by atoms with Gasteiger partial charge in [0.15, 0.2) is 6.61 Å². The Hall–Kier alpha value is -1.86. The van der Waals surface area contributed by atoms with Crippen LogP contribution in [-0.4, -0.2) is 23.8 Å². The molecule has 7 heteroatoms. The van der Waals surface area contributed by atoms with Crippen molar-refractivity contribution in [3.8, 4) is 11.5 Å². The SMILES string of the molecule is Cc1ccc(C(C)C)c(OCC(=O)N/N=C\c2cc(Br)c(O)c(Br)c2)c1. The highest BCUT2D eigenvalue weighted by molar-refractivity contribution is 9.11. The van der Waals surface area contributed by atoms with Crippen LogP contribution < -0.4 is 10.2 Å². The molecule has 2 aromatic carbocycles. The third-order valence-corrected chi connectivity index (χ3v) is 4.80. The van der Waals surface area contributed by atoms with E-state index in [1.807, 2.05) is 25.1 Å². The minimum atomic E-state index is -0.352.